The highest BCUT2D eigenvalue weighted by Crippen LogP contribution is 2.20. The van der Waals surface area contributed by atoms with Crippen molar-refractivity contribution >= 4 is 17.4 Å². The van der Waals surface area contributed by atoms with Crippen molar-refractivity contribution in [3.63, 3.8) is 0 Å². The minimum absolute atomic E-state index is 0.197. The first-order valence-corrected chi connectivity index (χ1v) is 9.88. The fraction of sp³-hybridized carbons (Fsp3) is 0.182. The van der Waals surface area contributed by atoms with Crippen LogP contribution in [0.5, 0.6) is 0 Å². The normalized spacial score (nSPS) is 10.8. The van der Waals surface area contributed by atoms with Gasteiger partial charge < -0.3 is 15.2 Å². The van der Waals surface area contributed by atoms with E-state index in [-0.39, 0.29) is 11.9 Å². The zero-order chi connectivity index (χ0) is 21.6. The lowest BCUT2D eigenvalue weighted by Crippen LogP contribution is -2.14. The van der Waals surface area contributed by atoms with Crippen molar-refractivity contribution in [1.82, 2.24) is 29.9 Å². The third kappa shape index (κ3) is 4.89. The summed E-state index contributed by atoms with van der Waals surface area (Å²) >= 11 is 0. The third-order valence-corrected chi connectivity index (χ3v) is 4.62. The van der Waals surface area contributed by atoms with Crippen LogP contribution in [0.15, 0.2) is 67.3 Å². The molecule has 0 aliphatic heterocycles. The molecule has 0 saturated heterocycles. The molecule has 31 heavy (non-hydrogen) atoms. The molecule has 3 aromatic heterocycles. The van der Waals surface area contributed by atoms with Crippen LogP contribution in [0.25, 0.3) is 11.5 Å². The number of nitrogens with one attached hydrogen (secondary N) is 2. The second-order valence-corrected chi connectivity index (χ2v) is 7.20. The SMILES string of the molecule is CC(C)n1cnnc1-c1cccc(NC(=O)c2cccc(NCc3ccnnc3)c2)n1. The minimum Gasteiger partial charge on any atom is -0.381 e. The quantitative estimate of drug-likeness (QED) is 0.475. The van der Waals surface area contributed by atoms with Gasteiger partial charge >= 0.3 is 0 Å². The van der Waals surface area contributed by atoms with E-state index >= 15 is 0 Å². The standard InChI is InChI=1S/C22H22N8O/c1-15(2)30-14-26-29-21(30)19-7-4-8-20(27-19)28-22(31)17-5-3-6-18(11-17)23-12-16-9-10-24-25-13-16/h3-11,13-15,23H,12H2,1-2H3,(H,27,28,31). The fourth-order valence-corrected chi connectivity index (χ4v) is 3.02. The fourth-order valence-electron chi connectivity index (χ4n) is 3.02. The molecule has 1 aromatic carbocycles. The Morgan fingerprint density at radius 1 is 1.06 bits per heavy atom. The average molecular weight is 414 g/mol. The molecule has 4 aromatic rings. The number of hydrogen-bond donors (Lipinski definition) is 2. The van der Waals surface area contributed by atoms with E-state index in [0.29, 0.717) is 29.4 Å². The summed E-state index contributed by atoms with van der Waals surface area (Å²) in [6, 6.07) is 14.8. The van der Waals surface area contributed by atoms with Crippen LogP contribution < -0.4 is 10.6 Å². The molecule has 156 valence electrons. The van der Waals surface area contributed by atoms with Crippen molar-refractivity contribution in [1.29, 1.82) is 0 Å². The van der Waals surface area contributed by atoms with Crippen LogP contribution >= 0.6 is 0 Å². The maximum atomic E-state index is 12.8. The molecule has 9 nitrogen and oxygen atoms in total. The molecule has 0 aliphatic carbocycles. The van der Waals surface area contributed by atoms with Gasteiger partial charge in [0.15, 0.2) is 5.82 Å². The lowest BCUT2D eigenvalue weighted by Gasteiger charge is -2.11. The summed E-state index contributed by atoms with van der Waals surface area (Å²) in [5.41, 5.74) is 3.00. The first kappa shape index (κ1) is 20.1. The molecule has 0 saturated carbocycles. The number of hydrogen-bond acceptors (Lipinski definition) is 7. The Hall–Kier alpha value is -4.14. The van der Waals surface area contributed by atoms with Gasteiger partial charge in [0.2, 0.25) is 0 Å². The van der Waals surface area contributed by atoms with Crippen LogP contribution in [-0.2, 0) is 6.54 Å². The Labute approximate surface area is 179 Å². The molecular formula is C22H22N8O. The van der Waals surface area contributed by atoms with Crippen LogP contribution in [0.1, 0.15) is 35.8 Å². The molecule has 3 heterocycles. The van der Waals surface area contributed by atoms with Crippen molar-refractivity contribution in [2.75, 3.05) is 10.6 Å². The summed E-state index contributed by atoms with van der Waals surface area (Å²) in [5, 5.41) is 21.9. The lowest BCUT2D eigenvalue weighted by molar-refractivity contribution is 0.102. The average Bonchev–Trinajstić information content (AvgIpc) is 3.29. The zero-order valence-corrected chi connectivity index (χ0v) is 17.2. The first-order valence-electron chi connectivity index (χ1n) is 9.88. The van der Waals surface area contributed by atoms with Gasteiger partial charge in [0.05, 0.1) is 6.20 Å². The maximum Gasteiger partial charge on any atom is 0.256 e. The number of carbonyl (C=O) groups excluding carboxylic acids is 1. The van der Waals surface area contributed by atoms with E-state index < -0.39 is 0 Å². The molecule has 0 atom stereocenters. The molecule has 0 unspecified atom stereocenters. The number of nitrogens with zero attached hydrogens (tertiary/aromatic N) is 6. The molecular weight excluding hydrogens is 392 g/mol. The van der Waals surface area contributed by atoms with Crippen molar-refractivity contribution in [3.05, 3.63) is 78.4 Å². The number of aromatic nitrogens is 6. The molecule has 2 N–H and O–H groups in total. The van der Waals surface area contributed by atoms with Crippen LogP contribution in [0.4, 0.5) is 11.5 Å². The predicted molar refractivity (Wildman–Crippen MR) is 117 cm³/mol. The Kier molecular flexibility index (Phi) is 5.93. The molecule has 1 amide bonds. The zero-order valence-electron chi connectivity index (χ0n) is 17.2. The molecule has 0 aliphatic rings. The minimum atomic E-state index is -0.246. The second kappa shape index (κ2) is 9.12. The van der Waals surface area contributed by atoms with Crippen LogP contribution in [-0.4, -0.2) is 35.9 Å². The topological polar surface area (TPSA) is 111 Å². The highest BCUT2D eigenvalue weighted by Gasteiger charge is 2.13. The number of carbonyl (C=O) groups is 1. The first-order chi connectivity index (χ1) is 15.1. The smallest absolute Gasteiger partial charge is 0.256 e. The monoisotopic (exact) mass is 414 g/mol. The van der Waals surface area contributed by atoms with Gasteiger partial charge in [-0.2, -0.15) is 10.2 Å². The largest absolute Gasteiger partial charge is 0.381 e. The van der Waals surface area contributed by atoms with E-state index in [1.807, 2.05) is 48.7 Å². The van der Waals surface area contributed by atoms with E-state index in [4.69, 9.17) is 0 Å². The van der Waals surface area contributed by atoms with E-state index in [1.165, 1.54) is 0 Å². The number of rotatable bonds is 7. The molecule has 9 heteroatoms. The van der Waals surface area contributed by atoms with Crippen LogP contribution in [0.3, 0.4) is 0 Å². The maximum absolute atomic E-state index is 12.8. The highest BCUT2D eigenvalue weighted by atomic mass is 16.1. The third-order valence-electron chi connectivity index (χ3n) is 4.62. The van der Waals surface area contributed by atoms with Gasteiger partial charge in [0.1, 0.15) is 17.8 Å². The highest BCUT2D eigenvalue weighted by molar-refractivity contribution is 6.04. The summed E-state index contributed by atoms with van der Waals surface area (Å²) in [5.74, 6) is 0.856. The molecule has 4 rings (SSSR count). The van der Waals surface area contributed by atoms with Crippen molar-refractivity contribution in [2.24, 2.45) is 0 Å². The van der Waals surface area contributed by atoms with Gasteiger partial charge in [-0.15, -0.1) is 10.2 Å². The van der Waals surface area contributed by atoms with Gasteiger partial charge in [-0.05, 0) is 55.8 Å². The Morgan fingerprint density at radius 3 is 2.74 bits per heavy atom. The second-order valence-electron chi connectivity index (χ2n) is 7.20. The Balaban J connectivity index is 1.47. The van der Waals surface area contributed by atoms with Crippen LogP contribution in [0.2, 0.25) is 0 Å². The lowest BCUT2D eigenvalue weighted by atomic mass is 10.2. The van der Waals surface area contributed by atoms with Gasteiger partial charge in [0, 0.05) is 30.0 Å². The van der Waals surface area contributed by atoms with E-state index in [1.54, 1.807) is 36.9 Å². The summed E-state index contributed by atoms with van der Waals surface area (Å²) in [6.45, 7) is 4.68. The van der Waals surface area contributed by atoms with E-state index in [0.717, 1.165) is 11.3 Å². The molecule has 0 spiro atoms. The molecule has 0 radical (unpaired) electrons. The predicted octanol–water partition coefficient (Wildman–Crippen LogP) is 3.58. The van der Waals surface area contributed by atoms with Gasteiger partial charge in [-0.25, -0.2) is 4.98 Å². The van der Waals surface area contributed by atoms with E-state index in [9.17, 15) is 4.79 Å². The number of amides is 1. The number of pyridine rings is 1. The van der Waals surface area contributed by atoms with Crippen LogP contribution in [0, 0.1) is 0 Å². The summed E-state index contributed by atoms with van der Waals surface area (Å²) < 4.78 is 1.93. The van der Waals surface area contributed by atoms with Crippen molar-refractivity contribution in [3.8, 4) is 11.5 Å². The summed E-state index contributed by atoms with van der Waals surface area (Å²) in [7, 11) is 0. The van der Waals surface area contributed by atoms with Gasteiger partial charge in [0.25, 0.3) is 5.91 Å². The van der Waals surface area contributed by atoms with Gasteiger partial charge in [-0.1, -0.05) is 12.1 Å². The van der Waals surface area contributed by atoms with Crippen molar-refractivity contribution in [2.45, 2.75) is 26.4 Å². The Bertz CT molecular complexity index is 1170. The molecule has 0 bridgehead atoms. The molecule has 0 fully saturated rings. The van der Waals surface area contributed by atoms with E-state index in [2.05, 4.69) is 36.0 Å². The number of benzene rings is 1. The van der Waals surface area contributed by atoms with Crippen molar-refractivity contribution < 1.29 is 4.79 Å². The van der Waals surface area contributed by atoms with Gasteiger partial charge in [-0.3, -0.25) is 4.79 Å². The number of anilines is 2. The summed E-state index contributed by atoms with van der Waals surface area (Å²) in [6.07, 6.45) is 5.02. The summed E-state index contributed by atoms with van der Waals surface area (Å²) in [4.78, 5) is 17.3. The Morgan fingerprint density at radius 2 is 1.94 bits per heavy atom.